The molecule has 0 heterocycles. The van der Waals surface area contributed by atoms with E-state index in [-0.39, 0.29) is 11.7 Å². The van der Waals surface area contributed by atoms with Gasteiger partial charge in [0.2, 0.25) is 5.91 Å². The molecular formula is C12H19NO4S. The van der Waals surface area contributed by atoms with Crippen LogP contribution in [0.5, 0.6) is 5.75 Å². The van der Waals surface area contributed by atoms with Crippen LogP contribution in [0.1, 0.15) is 26.3 Å². The van der Waals surface area contributed by atoms with E-state index >= 15 is 0 Å². The molecule has 102 valence electrons. The van der Waals surface area contributed by atoms with E-state index in [9.17, 15) is 13.2 Å². The third kappa shape index (κ3) is 6.24. The molecule has 0 fully saturated rings. The Hall–Kier alpha value is -1.56. The van der Waals surface area contributed by atoms with Gasteiger partial charge in [0.1, 0.15) is 0 Å². The van der Waals surface area contributed by atoms with Crippen molar-refractivity contribution in [3.8, 4) is 5.75 Å². The summed E-state index contributed by atoms with van der Waals surface area (Å²) in [6.07, 6.45) is 0.951. The molecule has 0 atom stereocenters. The van der Waals surface area contributed by atoms with Gasteiger partial charge in [-0.2, -0.15) is 8.42 Å². The van der Waals surface area contributed by atoms with Crippen LogP contribution in [0.25, 0.3) is 0 Å². The van der Waals surface area contributed by atoms with Gasteiger partial charge in [-0.05, 0) is 24.6 Å². The van der Waals surface area contributed by atoms with Gasteiger partial charge in [0.05, 0.1) is 11.9 Å². The molecule has 1 amide bonds. The van der Waals surface area contributed by atoms with E-state index in [0.717, 1.165) is 11.8 Å². The zero-order valence-electron chi connectivity index (χ0n) is 11.3. The summed E-state index contributed by atoms with van der Waals surface area (Å²) < 4.78 is 26.8. The molecule has 1 rings (SSSR count). The summed E-state index contributed by atoms with van der Waals surface area (Å²) in [4.78, 5) is 10.9. The quantitative estimate of drug-likeness (QED) is 0.858. The highest BCUT2D eigenvalue weighted by Gasteiger charge is 2.10. The summed E-state index contributed by atoms with van der Waals surface area (Å²) in [6.45, 7) is 7.14. The Kier molecular flexibility index (Phi) is 6.40. The second-order valence-corrected chi connectivity index (χ2v) is 5.04. The number of hydrogen-bond acceptors (Lipinski definition) is 4. The maximum atomic E-state index is 11.0. The fraction of sp³-hybridized carbons (Fsp3) is 0.417. The smallest absolute Gasteiger partial charge is 0.306 e. The molecule has 0 spiro atoms. The van der Waals surface area contributed by atoms with Gasteiger partial charge in [0.25, 0.3) is 0 Å². The SMILES string of the molecule is CC.CC(=O)Nc1ccc(C)cc1OS(C)(=O)=O. The minimum absolute atomic E-state index is 0.123. The molecule has 0 saturated carbocycles. The second-order valence-electron chi connectivity index (χ2n) is 3.47. The topological polar surface area (TPSA) is 72.5 Å². The van der Waals surface area contributed by atoms with Crippen molar-refractivity contribution in [1.29, 1.82) is 0 Å². The van der Waals surface area contributed by atoms with Crippen molar-refractivity contribution in [3.05, 3.63) is 23.8 Å². The van der Waals surface area contributed by atoms with Crippen LogP contribution in [0, 0.1) is 6.92 Å². The molecule has 5 nitrogen and oxygen atoms in total. The second kappa shape index (κ2) is 7.00. The van der Waals surface area contributed by atoms with E-state index in [4.69, 9.17) is 4.18 Å². The highest BCUT2D eigenvalue weighted by atomic mass is 32.2. The van der Waals surface area contributed by atoms with Gasteiger partial charge in [0.15, 0.2) is 5.75 Å². The number of aryl methyl sites for hydroxylation is 1. The number of anilines is 1. The minimum Gasteiger partial charge on any atom is -0.380 e. The van der Waals surface area contributed by atoms with E-state index in [1.807, 2.05) is 13.8 Å². The number of carbonyl (C=O) groups excluding carboxylic acids is 1. The van der Waals surface area contributed by atoms with E-state index in [1.165, 1.54) is 6.92 Å². The van der Waals surface area contributed by atoms with Crippen LogP contribution in [-0.4, -0.2) is 20.6 Å². The maximum absolute atomic E-state index is 11.0. The van der Waals surface area contributed by atoms with Crippen LogP contribution in [0.15, 0.2) is 18.2 Å². The maximum Gasteiger partial charge on any atom is 0.306 e. The minimum atomic E-state index is -3.60. The Morgan fingerprint density at radius 1 is 1.28 bits per heavy atom. The standard InChI is InChI=1S/C10H13NO4S.C2H6/c1-7-4-5-9(11-8(2)12)10(6-7)15-16(3,13)14;1-2/h4-6H,1-3H3,(H,11,12);1-2H3. The first-order valence-corrected chi connectivity index (χ1v) is 7.37. The fourth-order valence-electron chi connectivity index (χ4n) is 1.15. The van der Waals surface area contributed by atoms with Gasteiger partial charge >= 0.3 is 10.1 Å². The predicted molar refractivity (Wildman–Crippen MR) is 72.3 cm³/mol. The van der Waals surface area contributed by atoms with E-state index < -0.39 is 10.1 Å². The zero-order chi connectivity index (χ0) is 14.3. The largest absolute Gasteiger partial charge is 0.380 e. The molecule has 1 aromatic rings. The van der Waals surface area contributed by atoms with Crippen molar-refractivity contribution >= 4 is 21.7 Å². The van der Waals surface area contributed by atoms with Gasteiger partial charge < -0.3 is 9.50 Å². The summed E-state index contributed by atoms with van der Waals surface area (Å²) in [5.41, 5.74) is 1.18. The molecule has 0 bridgehead atoms. The zero-order valence-corrected chi connectivity index (χ0v) is 12.1. The lowest BCUT2D eigenvalue weighted by molar-refractivity contribution is -0.114. The summed E-state index contributed by atoms with van der Waals surface area (Å²) in [5, 5.41) is 2.49. The van der Waals surface area contributed by atoms with Gasteiger partial charge in [-0.1, -0.05) is 19.9 Å². The molecule has 0 aliphatic heterocycles. The number of rotatable bonds is 3. The molecule has 0 saturated heterocycles. The first-order valence-electron chi connectivity index (χ1n) is 5.55. The van der Waals surface area contributed by atoms with Crippen LogP contribution in [0.2, 0.25) is 0 Å². The third-order valence-corrected chi connectivity index (χ3v) is 2.17. The average Bonchev–Trinajstić information content (AvgIpc) is 2.22. The average molecular weight is 273 g/mol. The van der Waals surface area contributed by atoms with E-state index in [0.29, 0.717) is 5.69 Å². The first-order chi connectivity index (χ1) is 8.28. The van der Waals surface area contributed by atoms with Crippen molar-refractivity contribution in [2.75, 3.05) is 11.6 Å². The fourth-order valence-corrected chi connectivity index (χ4v) is 1.62. The Bertz CT molecular complexity index is 509. The monoisotopic (exact) mass is 273 g/mol. The Balaban J connectivity index is 0.00000137. The number of benzene rings is 1. The Morgan fingerprint density at radius 2 is 1.83 bits per heavy atom. The summed E-state index contributed by atoms with van der Waals surface area (Å²) in [5.74, 6) is -0.167. The normalized spacial score (nSPS) is 10.1. The van der Waals surface area contributed by atoms with Crippen molar-refractivity contribution < 1.29 is 17.4 Å². The summed E-state index contributed by atoms with van der Waals surface area (Å²) >= 11 is 0. The predicted octanol–water partition coefficient (Wildman–Crippen LogP) is 2.32. The molecule has 6 heteroatoms. The lowest BCUT2D eigenvalue weighted by Gasteiger charge is -2.10. The molecule has 18 heavy (non-hydrogen) atoms. The molecule has 1 N–H and O–H groups in total. The molecular weight excluding hydrogens is 254 g/mol. The third-order valence-electron chi connectivity index (χ3n) is 1.69. The molecule has 0 aromatic heterocycles. The highest BCUT2D eigenvalue weighted by molar-refractivity contribution is 7.86. The lowest BCUT2D eigenvalue weighted by Crippen LogP contribution is -2.11. The number of carbonyl (C=O) groups is 1. The Morgan fingerprint density at radius 3 is 2.28 bits per heavy atom. The number of nitrogens with one attached hydrogen (secondary N) is 1. The van der Waals surface area contributed by atoms with Crippen molar-refractivity contribution in [2.24, 2.45) is 0 Å². The van der Waals surface area contributed by atoms with Gasteiger partial charge in [-0.15, -0.1) is 0 Å². The molecule has 0 unspecified atom stereocenters. The molecule has 0 aliphatic carbocycles. The Labute approximate surface area is 108 Å². The number of hydrogen-bond donors (Lipinski definition) is 1. The lowest BCUT2D eigenvalue weighted by atomic mass is 10.2. The summed E-state index contributed by atoms with van der Waals surface area (Å²) in [7, 11) is -3.60. The number of amides is 1. The highest BCUT2D eigenvalue weighted by Crippen LogP contribution is 2.26. The van der Waals surface area contributed by atoms with Crippen molar-refractivity contribution in [2.45, 2.75) is 27.7 Å². The van der Waals surface area contributed by atoms with Crippen LogP contribution >= 0.6 is 0 Å². The van der Waals surface area contributed by atoms with Crippen LogP contribution in [-0.2, 0) is 14.9 Å². The molecule has 0 aliphatic rings. The van der Waals surface area contributed by atoms with Gasteiger partial charge in [0, 0.05) is 6.92 Å². The van der Waals surface area contributed by atoms with E-state index in [2.05, 4.69) is 5.32 Å². The molecule has 1 aromatic carbocycles. The summed E-state index contributed by atoms with van der Waals surface area (Å²) in [6, 6.07) is 4.89. The van der Waals surface area contributed by atoms with Crippen molar-refractivity contribution in [3.63, 3.8) is 0 Å². The molecule has 0 radical (unpaired) electrons. The van der Waals surface area contributed by atoms with Crippen LogP contribution in [0.4, 0.5) is 5.69 Å². The van der Waals surface area contributed by atoms with Crippen molar-refractivity contribution in [1.82, 2.24) is 0 Å². The van der Waals surface area contributed by atoms with Crippen LogP contribution < -0.4 is 9.50 Å². The van der Waals surface area contributed by atoms with Crippen LogP contribution in [0.3, 0.4) is 0 Å². The van der Waals surface area contributed by atoms with Gasteiger partial charge in [-0.25, -0.2) is 0 Å². The first kappa shape index (κ1) is 16.4. The van der Waals surface area contributed by atoms with Gasteiger partial charge in [-0.3, -0.25) is 4.79 Å². The van der Waals surface area contributed by atoms with E-state index in [1.54, 1.807) is 25.1 Å².